The van der Waals surface area contributed by atoms with Crippen LogP contribution in [-0.4, -0.2) is 45.0 Å². The fraction of sp³-hybridized carbons (Fsp3) is 0.130. The molecule has 0 unspecified atom stereocenters. The fourth-order valence-corrected chi connectivity index (χ4v) is 3.88. The van der Waals surface area contributed by atoms with Crippen molar-refractivity contribution in [1.82, 2.24) is 15.0 Å². The predicted molar refractivity (Wildman–Crippen MR) is 121 cm³/mol. The Balaban J connectivity index is 1.60. The number of methoxy groups -OCH3 is 1. The molecule has 3 aromatic rings. The molecule has 182 valence electrons. The van der Waals surface area contributed by atoms with Crippen molar-refractivity contribution in [3.05, 3.63) is 89.4 Å². The lowest BCUT2D eigenvalue weighted by atomic mass is 10.1. The van der Waals surface area contributed by atoms with E-state index in [0.29, 0.717) is 17.5 Å². The number of rotatable bonds is 8. The number of hydrogen-bond acceptors (Lipinski definition) is 8. The monoisotopic (exact) mass is 501 g/mol. The van der Waals surface area contributed by atoms with Crippen LogP contribution in [0.3, 0.4) is 0 Å². The molecule has 10 nitrogen and oxygen atoms in total. The van der Waals surface area contributed by atoms with Crippen LogP contribution in [0.15, 0.2) is 71.8 Å². The summed E-state index contributed by atoms with van der Waals surface area (Å²) >= 11 is 0. The highest BCUT2D eigenvalue weighted by Crippen LogP contribution is 2.14. The van der Waals surface area contributed by atoms with E-state index < -0.39 is 33.8 Å². The van der Waals surface area contributed by atoms with Gasteiger partial charge in [-0.1, -0.05) is 12.1 Å². The van der Waals surface area contributed by atoms with E-state index >= 15 is 0 Å². The number of halogens is 1. The molecule has 1 aromatic heterocycles. The first-order valence-electron chi connectivity index (χ1n) is 10.1. The van der Waals surface area contributed by atoms with Gasteiger partial charge >= 0.3 is 6.16 Å². The molecule has 1 heterocycles. The smallest absolute Gasteiger partial charge is 0.437 e. The highest BCUT2D eigenvalue weighted by Gasteiger charge is 2.20. The summed E-state index contributed by atoms with van der Waals surface area (Å²) < 4.78 is 49.3. The minimum Gasteiger partial charge on any atom is -0.437 e. The number of carbonyl (C=O) groups is 3. The Morgan fingerprint density at radius 3 is 2.34 bits per heavy atom. The molecule has 0 aliphatic heterocycles. The van der Waals surface area contributed by atoms with Crippen LogP contribution in [-0.2, 0) is 21.2 Å². The molecule has 3 rings (SSSR count). The molecule has 0 aliphatic rings. The zero-order valence-corrected chi connectivity index (χ0v) is 19.2. The van der Waals surface area contributed by atoms with E-state index in [1.54, 1.807) is 6.07 Å². The second-order valence-electron chi connectivity index (χ2n) is 7.04. The number of amides is 2. The topological polar surface area (TPSA) is 141 Å². The normalized spacial score (nSPS) is 10.8. The zero-order valence-electron chi connectivity index (χ0n) is 18.4. The molecule has 2 aromatic carbocycles. The highest BCUT2D eigenvalue weighted by atomic mass is 32.2. The summed E-state index contributed by atoms with van der Waals surface area (Å²) in [7, 11) is -3.09. The number of nitrogens with zero attached hydrogens (tertiary/aromatic N) is 1. The minimum absolute atomic E-state index is 0.0783. The van der Waals surface area contributed by atoms with Crippen molar-refractivity contribution >= 4 is 28.0 Å². The van der Waals surface area contributed by atoms with Crippen LogP contribution in [0.5, 0.6) is 5.88 Å². The Kier molecular flexibility index (Phi) is 8.10. The number of pyridine rings is 1. The van der Waals surface area contributed by atoms with Gasteiger partial charge in [-0.2, -0.15) is 0 Å². The van der Waals surface area contributed by atoms with Gasteiger partial charge in [0, 0.05) is 24.4 Å². The Morgan fingerprint density at radius 2 is 1.69 bits per heavy atom. The van der Waals surface area contributed by atoms with Crippen molar-refractivity contribution in [3.8, 4) is 5.88 Å². The van der Waals surface area contributed by atoms with Crippen molar-refractivity contribution in [2.75, 3.05) is 13.7 Å². The molecule has 0 aliphatic carbocycles. The molecule has 2 amide bonds. The Hall–Kier alpha value is -4.32. The number of nitrogens with one attached hydrogen (secondary N) is 2. The first-order valence-corrected chi connectivity index (χ1v) is 11.6. The van der Waals surface area contributed by atoms with Crippen LogP contribution in [0.1, 0.15) is 26.3 Å². The summed E-state index contributed by atoms with van der Waals surface area (Å²) in [5.41, 5.74) is 0.820. The van der Waals surface area contributed by atoms with Gasteiger partial charge in [-0.05, 0) is 54.4 Å². The van der Waals surface area contributed by atoms with E-state index in [-0.39, 0.29) is 22.9 Å². The third-order valence-electron chi connectivity index (χ3n) is 4.59. The minimum atomic E-state index is -4.21. The second kappa shape index (κ2) is 11.2. The molecule has 0 saturated carbocycles. The Morgan fingerprint density at radius 1 is 0.971 bits per heavy atom. The highest BCUT2D eigenvalue weighted by molar-refractivity contribution is 7.90. The second-order valence-corrected chi connectivity index (χ2v) is 8.72. The lowest BCUT2D eigenvalue weighted by Gasteiger charge is -2.10. The van der Waals surface area contributed by atoms with Gasteiger partial charge in [-0.25, -0.2) is 27.3 Å². The summed E-state index contributed by atoms with van der Waals surface area (Å²) in [6.45, 7) is 0.206. The summed E-state index contributed by atoms with van der Waals surface area (Å²) in [4.78, 5) is 39.2. The summed E-state index contributed by atoms with van der Waals surface area (Å²) in [5.74, 6) is -1.90. The van der Waals surface area contributed by atoms with Crippen molar-refractivity contribution < 1.29 is 36.7 Å². The van der Waals surface area contributed by atoms with E-state index in [9.17, 15) is 27.2 Å². The molecule has 2 N–H and O–H groups in total. The number of sulfonamides is 1. The Bertz CT molecular complexity index is 1330. The first-order chi connectivity index (χ1) is 16.7. The average Bonchev–Trinajstić information content (AvgIpc) is 2.84. The molecule has 12 heteroatoms. The number of benzene rings is 2. The van der Waals surface area contributed by atoms with Crippen LogP contribution in [0.4, 0.5) is 9.18 Å². The van der Waals surface area contributed by atoms with Gasteiger partial charge in [-0.3, -0.25) is 9.59 Å². The zero-order chi connectivity index (χ0) is 25.4. The number of hydrogen-bond donors (Lipinski definition) is 2. The number of carbonyl (C=O) groups excluding carboxylic acids is 3. The van der Waals surface area contributed by atoms with Gasteiger partial charge in [-0.15, -0.1) is 0 Å². The van der Waals surface area contributed by atoms with E-state index in [1.807, 2.05) is 4.72 Å². The quantitative estimate of drug-likeness (QED) is 0.449. The molecule has 0 atom stereocenters. The molecular weight excluding hydrogens is 481 g/mol. The van der Waals surface area contributed by atoms with E-state index in [0.717, 1.165) is 13.3 Å². The van der Waals surface area contributed by atoms with E-state index in [4.69, 9.17) is 4.74 Å². The van der Waals surface area contributed by atoms with E-state index in [1.165, 1.54) is 54.6 Å². The SMILES string of the molecule is COC(=O)Oc1ccc(C(=O)NS(=O)(=O)c2cccc(CCNC(=O)c3ccc(F)cc3)c2)cn1. The standard InChI is InChI=1S/C23H20FN3O7S/c1-33-23(30)34-20-10-7-17(14-26-20)22(29)27-35(31,32)19-4-2-3-15(13-19)11-12-25-21(28)16-5-8-18(24)9-6-16/h2-10,13-14H,11-12H2,1H3,(H,25,28)(H,27,29). The lowest BCUT2D eigenvalue weighted by molar-refractivity contribution is 0.0951. The molecular formula is C23H20FN3O7S. The maximum Gasteiger partial charge on any atom is 0.514 e. The lowest BCUT2D eigenvalue weighted by Crippen LogP contribution is -2.30. The first kappa shape index (κ1) is 25.3. The predicted octanol–water partition coefficient (Wildman–Crippen LogP) is 2.46. The summed E-state index contributed by atoms with van der Waals surface area (Å²) in [6, 6.07) is 13.4. The van der Waals surface area contributed by atoms with E-state index in [2.05, 4.69) is 15.0 Å². The fourth-order valence-electron chi connectivity index (χ4n) is 2.83. The average molecular weight is 501 g/mol. The molecule has 0 spiro atoms. The maximum atomic E-state index is 13.0. The Labute approximate surface area is 200 Å². The van der Waals surface area contributed by atoms with Crippen molar-refractivity contribution in [2.45, 2.75) is 11.3 Å². The van der Waals surface area contributed by atoms with Gasteiger partial charge in [0.15, 0.2) is 0 Å². The molecule has 0 fully saturated rings. The number of ether oxygens (including phenoxy) is 2. The van der Waals surface area contributed by atoms with Crippen molar-refractivity contribution in [2.24, 2.45) is 0 Å². The van der Waals surface area contributed by atoms with Gasteiger partial charge in [0.1, 0.15) is 5.82 Å². The van der Waals surface area contributed by atoms with Gasteiger partial charge in [0.05, 0.1) is 17.6 Å². The van der Waals surface area contributed by atoms with Gasteiger partial charge in [0.25, 0.3) is 21.8 Å². The van der Waals surface area contributed by atoms with Gasteiger partial charge in [0.2, 0.25) is 5.88 Å². The van der Waals surface area contributed by atoms with Crippen molar-refractivity contribution in [1.29, 1.82) is 0 Å². The molecule has 35 heavy (non-hydrogen) atoms. The third-order valence-corrected chi connectivity index (χ3v) is 5.92. The van der Waals surface area contributed by atoms with Crippen LogP contribution in [0, 0.1) is 5.82 Å². The molecule has 0 saturated heterocycles. The third kappa shape index (κ3) is 7.08. The largest absolute Gasteiger partial charge is 0.514 e. The number of aromatic nitrogens is 1. The van der Waals surface area contributed by atoms with Crippen LogP contribution in [0.2, 0.25) is 0 Å². The van der Waals surface area contributed by atoms with Gasteiger partial charge < -0.3 is 14.8 Å². The molecule has 0 bridgehead atoms. The summed E-state index contributed by atoms with van der Waals surface area (Å²) in [6.07, 6.45) is 0.367. The molecule has 0 radical (unpaired) electrons. The van der Waals surface area contributed by atoms with Crippen LogP contribution < -0.4 is 14.8 Å². The maximum absolute atomic E-state index is 13.0. The van der Waals surface area contributed by atoms with Crippen LogP contribution >= 0.6 is 0 Å². The van der Waals surface area contributed by atoms with Crippen molar-refractivity contribution in [3.63, 3.8) is 0 Å². The summed E-state index contributed by atoms with van der Waals surface area (Å²) in [5, 5.41) is 2.67. The van der Waals surface area contributed by atoms with Crippen LogP contribution in [0.25, 0.3) is 0 Å².